The summed E-state index contributed by atoms with van der Waals surface area (Å²) in [5, 5.41) is 9.37. The molecular formula is C33H32FN7O5. The average Bonchev–Trinajstić information content (AvgIpc) is 3.48. The molecule has 1 fully saturated rings. The van der Waals surface area contributed by atoms with E-state index in [1.54, 1.807) is 74.3 Å². The van der Waals surface area contributed by atoms with Crippen molar-refractivity contribution in [2.75, 3.05) is 25.1 Å². The van der Waals surface area contributed by atoms with Crippen molar-refractivity contribution in [3.8, 4) is 5.69 Å². The second-order valence-corrected chi connectivity index (χ2v) is 12.0. The van der Waals surface area contributed by atoms with Crippen molar-refractivity contribution in [1.82, 2.24) is 29.9 Å². The van der Waals surface area contributed by atoms with Gasteiger partial charge in [-0.05, 0) is 87.5 Å². The summed E-state index contributed by atoms with van der Waals surface area (Å²) < 4.78 is 27.8. The third-order valence-electron chi connectivity index (χ3n) is 7.66. The first-order valence-corrected chi connectivity index (χ1v) is 14.8. The fourth-order valence-corrected chi connectivity index (χ4v) is 5.57. The number of hydrogen-bond donors (Lipinski definition) is 0. The SMILES string of the molecule is COC(=O)c1ccc2c(N(C(=O)c3ccc(-n4nnc5cccnc54)cc3F)C3CCCN(C(=O)OC(C)(C)C)C3)nccc2c1. The summed E-state index contributed by atoms with van der Waals surface area (Å²) in [7, 11) is 1.30. The molecule has 5 aromatic rings. The van der Waals surface area contributed by atoms with E-state index in [9.17, 15) is 14.4 Å². The van der Waals surface area contributed by atoms with Gasteiger partial charge in [0.1, 0.15) is 22.8 Å². The van der Waals surface area contributed by atoms with Crippen LogP contribution in [-0.4, -0.2) is 79.7 Å². The number of nitrogens with zero attached hydrogens (tertiary/aromatic N) is 7. The molecule has 0 saturated carbocycles. The molecule has 2 amide bonds. The first-order chi connectivity index (χ1) is 22.0. The van der Waals surface area contributed by atoms with Gasteiger partial charge in [0, 0.05) is 36.9 Å². The molecular weight excluding hydrogens is 593 g/mol. The number of pyridine rings is 2. The van der Waals surface area contributed by atoms with Crippen LogP contribution in [0.25, 0.3) is 27.6 Å². The van der Waals surface area contributed by atoms with Crippen molar-refractivity contribution in [1.29, 1.82) is 0 Å². The van der Waals surface area contributed by atoms with E-state index in [-0.39, 0.29) is 17.9 Å². The van der Waals surface area contributed by atoms with E-state index in [0.29, 0.717) is 52.6 Å². The first-order valence-electron chi connectivity index (χ1n) is 14.8. The number of aromatic nitrogens is 5. The Hall–Kier alpha value is -5.46. The second-order valence-electron chi connectivity index (χ2n) is 12.0. The summed E-state index contributed by atoms with van der Waals surface area (Å²) in [5.74, 6) is -1.66. The maximum absolute atomic E-state index is 15.9. The van der Waals surface area contributed by atoms with Crippen LogP contribution in [-0.2, 0) is 9.47 Å². The number of piperidine rings is 1. The van der Waals surface area contributed by atoms with Crippen molar-refractivity contribution in [3.63, 3.8) is 0 Å². The zero-order valence-electron chi connectivity index (χ0n) is 25.8. The number of benzene rings is 2. The van der Waals surface area contributed by atoms with Crippen LogP contribution < -0.4 is 4.90 Å². The summed E-state index contributed by atoms with van der Waals surface area (Å²) in [6.07, 6.45) is 3.72. The lowest BCUT2D eigenvalue weighted by molar-refractivity contribution is 0.0195. The maximum atomic E-state index is 15.9. The molecule has 46 heavy (non-hydrogen) atoms. The van der Waals surface area contributed by atoms with E-state index < -0.39 is 35.4 Å². The van der Waals surface area contributed by atoms with Gasteiger partial charge in [0.15, 0.2) is 5.65 Å². The second kappa shape index (κ2) is 12.1. The van der Waals surface area contributed by atoms with E-state index in [4.69, 9.17) is 9.47 Å². The zero-order chi connectivity index (χ0) is 32.6. The Morgan fingerprint density at radius 3 is 2.61 bits per heavy atom. The molecule has 6 rings (SSSR count). The number of rotatable bonds is 5. The minimum atomic E-state index is -0.778. The number of methoxy groups -OCH3 is 1. The molecule has 0 bridgehead atoms. The molecule has 4 heterocycles. The molecule has 1 aliphatic heterocycles. The predicted octanol–water partition coefficient (Wildman–Crippen LogP) is 5.34. The normalized spacial score (nSPS) is 15.2. The van der Waals surface area contributed by atoms with Gasteiger partial charge >= 0.3 is 12.1 Å². The van der Waals surface area contributed by atoms with Gasteiger partial charge in [-0.15, -0.1) is 5.10 Å². The summed E-state index contributed by atoms with van der Waals surface area (Å²) in [5.41, 5.74) is 0.756. The lowest BCUT2D eigenvalue weighted by atomic mass is 10.0. The van der Waals surface area contributed by atoms with E-state index in [1.165, 1.54) is 35.0 Å². The van der Waals surface area contributed by atoms with Crippen LogP contribution in [0.15, 0.2) is 67.0 Å². The number of esters is 1. The van der Waals surface area contributed by atoms with Gasteiger partial charge in [0.25, 0.3) is 5.91 Å². The molecule has 0 spiro atoms. The molecule has 1 atom stereocenters. The van der Waals surface area contributed by atoms with Crippen molar-refractivity contribution in [3.05, 3.63) is 83.9 Å². The van der Waals surface area contributed by atoms with Gasteiger partial charge in [-0.2, -0.15) is 4.68 Å². The number of anilines is 1. The fourth-order valence-electron chi connectivity index (χ4n) is 5.57. The standard InChI is InChI=1S/C33H32FN7O5/c1-33(2,3)46-32(44)39-16-6-7-23(19-39)40(28-24-11-9-21(31(43)45-4)17-20(24)13-15-36-28)30(42)25-12-10-22(18-26(25)34)41-29-27(37-38-41)8-5-14-35-29/h5,8-15,17-18,23H,6-7,16,19H2,1-4H3. The van der Waals surface area contributed by atoms with E-state index >= 15 is 4.39 Å². The van der Waals surface area contributed by atoms with Gasteiger partial charge in [0.2, 0.25) is 0 Å². The maximum Gasteiger partial charge on any atom is 0.410 e. The van der Waals surface area contributed by atoms with Crippen molar-refractivity contribution >= 4 is 45.7 Å². The molecule has 12 nitrogen and oxygen atoms in total. The Labute approximate surface area is 263 Å². The number of fused-ring (bicyclic) bond motifs is 2. The monoisotopic (exact) mass is 625 g/mol. The summed E-state index contributed by atoms with van der Waals surface area (Å²) in [4.78, 5) is 51.6. The van der Waals surface area contributed by atoms with Crippen LogP contribution in [0.3, 0.4) is 0 Å². The smallest absolute Gasteiger partial charge is 0.410 e. The highest BCUT2D eigenvalue weighted by Crippen LogP contribution is 2.32. The largest absolute Gasteiger partial charge is 0.465 e. The Balaban J connectivity index is 1.42. The minimum absolute atomic E-state index is 0.148. The number of ether oxygens (including phenoxy) is 2. The Morgan fingerprint density at radius 2 is 1.85 bits per heavy atom. The molecule has 0 N–H and O–H groups in total. The highest BCUT2D eigenvalue weighted by Gasteiger charge is 2.36. The number of carbonyl (C=O) groups is 3. The van der Waals surface area contributed by atoms with Gasteiger partial charge in [-0.3, -0.25) is 9.69 Å². The third kappa shape index (κ3) is 5.95. The Morgan fingerprint density at radius 1 is 1.02 bits per heavy atom. The third-order valence-corrected chi connectivity index (χ3v) is 7.66. The molecule has 0 aliphatic carbocycles. The van der Waals surface area contributed by atoms with Gasteiger partial charge in [-0.25, -0.2) is 23.9 Å². The van der Waals surface area contributed by atoms with E-state index in [0.717, 1.165) is 0 Å². The predicted molar refractivity (Wildman–Crippen MR) is 167 cm³/mol. The molecule has 1 aliphatic rings. The van der Waals surface area contributed by atoms with Crippen molar-refractivity contribution < 1.29 is 28.2 Å². The average molecular weight is 626 g/mol. The van der Waals surface area contributed by atoms with E-state index in [2.05, 4.69) is 20.3 Å². The molecule has 13 heteroatoms. The van der Waals surface area contributed by atoms with Crippen LogP contribution in [0.2, 0.25) is 0 Å². The Bertz CT molecular complexity index is 1970. The lowest BCUT2D eigenvalue weighted by Gasteiger charge is -2.39. The summed E-state index contributed by atoms with van der Waals surface area (Å²) in [6.45, 7) is 5.96. The summed E-state index contributed by atoms with van der Waals surface area (Å²) in [6, 6.07) is 13.7. The topological polar surface area (TPSA) is 133 Å². The highest BCUT2D eigenvalue weighted by atomic mass is 19.1. The molecule has 1 unspecified atom stereocenters. The van der Waals surface area contributed by atoms with Crippen LogP contribution in [0.5, 0.6) is 0 Å². The van der Waals surface area contributed by atoms with Crippen LogP contribution in [0, 0.1) is 5.82 Å². The van der Waals surface area contributed by atoms with E-state index in [1.807, 2.05) is 0 Å². The quantitative estimate of drug-likeness (QED) is 0.238. The Kier molecular flexibility index (Phi) is 8.07. The van der Waals surface area contributed by atoms with Gasteiger partial charge in [-0.1, -0.05) is 5.21 Å². The van der Waals surface area contributed by atoms with Gasteiger partial charge in [0.05, 0.1) is 30.0 Å². The number of likely N-dealkylation sites (tertiary alicyclic amines) is 1. The summed E-state index contributed by atoms with van der Waals surface area (Å²) >= 11 is 0. The van der Waals surface area contributed by atoms with Crippen LogP contribution in [0.1, 0.15) is 54.3 Å². The number of hydrogen-bond acceptors (Lipinski definition) is 9. The van der Waals surface area contributed by atoms with Gasteiger partial charge < -0.3 is 14.4 Å². The number of halogens is 1. The molecule has 3 aromatic heterocycles. The zero-order valence-corrected chi connectivity index (χ0v) is 25.8. The molecule has 0 radical (unpaired) electrons. The van der Waals surface area contributed by atoms with Crippen LogP contribution >= 0.6 is 0 Å². The lowest BCUT2D eigenvalue weighted by Crippen LogP contribution is -2.53. The van der Waals surface area contributed by atoms with Crippen LogP contribution in [0.4, 0.5) is 15.0 Å². The molecule has 236 valence electrons. The molecule has 2 aromatic carbocycles. The first kappa shape index (κ1) is 30.6. The number of carbonyl (C=O) groups excluding carboxylic acids is 3. The fraction of sp³-hybridized carbons (Fsp3) is 0.303. The van der Waals surface area contributed by atoms with Crippen molar-refractivity contribution in [2.45, 2.75) is 45.3 Å². The minimum Gasteiger partial charge on any atom is -0.465 e. The number of amides is 2. The highest BCUT2D eigenvalue weighted by molar-refractivity contribution is 6.11. The van der Waals surface area contributed by atoms with Crippen molar-refractivity contribution in [2.24, 2.45) is 0 Å². The molecule has 1 saturated heterocycles.